The van der Waals surface area contributed by atoms with Gasteiger partial charge >= 0.3 is 0 Å². The Bertz CT molecular complexity index is 179. The average molecular weight is 228 g/mol. The van der Waals surface area contributed by atoms with Crippen LogP contribution in [0.25, 0.3) is 0 Å². The largest absolute Gasteiger partial charge is 0.385 e. The number of rotatable bonds is 7. The van der Waals surface area contributed by atoms with Crippen molar-refractivity contribution in [2.24, 2.45) is 5.73 Å². The Morgan fingerprint density at radius 3 is 2.50 bits per heavy atom. The molecular formula is C13H28N2O. The fourth-order valence-electron chi connectivity index (χ4n) is 2.51. The number of methoxy groups -OCH3 is 1. The molecule has 0 bridgehead atoms. The highest BCUT2D eigenvalue weighted by atomic mass is 16.5. The average Bonchev–Trinajstić information content (AvgIpc) is 2.28. The third-order valence-corrected chi connectivity index (χ3v) is 3.73. The maximum Gasteiger partial charge on any atom is 0.0474 e. The van der Waals surface area contributed by atoms with Gasteiger partial charge in [0.25, 0.3) is 0 Å². The van der Waals surface area contributed by atoms with Gasteiger partial charge in [-0.2, -0.15) is 0 Å². The van der Waals surface area contributed by atoms with E-state index in [0.29, 0.717) is 0 Å². The fraction of sp³-hybridized carbons (Fsp3) is 1.00. The number of nitrogens with two attached hydrogens (primary N) is 1. The SMILES string of the molecule is COCCCN(C)CCC1(N)CCCCC1. The van der Waals surface area contributed by atoms with Crippen LogP contribution in [0.15, 0.2) is 0 Å². The first-order chi connectivity index (χ1) is 7.66. The predicted molar refractivity (Wildman–Crippen MR) is 68.6 cm³/mol. The molecule has 0 aromatic heterocycles. The van der Waals surface area contributed by atoms with Crippen molar-refractivity contribution in [3.63, 3.8) is 0 Å². The molecular weight excluding hydrogens is 200 g/mol. The van der Waals surface area contributed by atoms with E-state index in [1.165, 1.54) is 32.1 Å². The molecule has 96 valence electrons. The van der Waals surface area contributed by atoms with Crippen LogP contribution < -0.4 is 5.73 Å². The quantitative estimate of drug-likeness (QED) is 0.677. The second-order valence-corrected chi connectivity index (χ2v) is 5.32. The Morgan fingerprint density at radius 1 is 1.19 bits per heavy atom. The normalized spacial score (nSPS) is 20.2. The van der Waals surface area contributed by atoms with Crippen molar-refractivity contribution < 1.29 is 4.74 Å². The van der Waals surface area contributed by atoms with Crippen molar-refractivity contribution in [1.29, 1.82) is 0 Å². The molecule has 0 aromatic carbocycles. The Hall–Kier alpha value is -0.120. The molecule has 0 heterocycles. The van der Waals surface area contributed by atoms with E-state index in [1.807, 2.05) is 0 Å². The van der Waals surface area contributed by atoms with Gasteiger partial charge in [0.05, 0.1) is 0 Å². The summed E-state index contributed by atoms with van der Waals surface area (Å²) >= 11 is 0. The molecule has 1 aliphatic rings. The highest BCUT2D eigenvalue weighted by molar-refractivity contribution is 4.87. The zero-order valence-electron chi connectivity index (χ0n) is 11.0. The van der Waals surface area contributed by atoms with E-state index in [1.54, 1.807) is 7.11 Å². The van der Waals surface area contributed by atoms with Crippen LogP contribution in [0.3, 0.4) is 0 Å². The molecule has 1 fully saturated rings. The summed E-state index contributed by atoms with van der Waals surface area (Å²) < 4.78 is 5.06. The first-order valence-corrected chi connectivity index (χ1v) is 6.63. The summed E-state index contributed by atoms with van der Waals surface area (Å²) in [6.45, 7) is 3.10. The zero-order chi connectivity index (χ0) is 11.9. The van der Waals surface area contributed by atoms with Gasteiger partial charge in [0.15, 0.2) is 0 Å². The summed E-state index contributed by atoms with van der Waals surface area (Å²) in [5, 5.41) is 0. The minimum atomic E-state index is 0.133. The van der Waals surface area contributed by atoms with Crippen LogP contribution in [-0.4, -0.2) is 44.3 Å². The molecule has 0 aliphatic heterocycles. The van der Waals surface area contributed by atoms with Crippen LogP contribution in [-0.2, 0) is 4.74 Å². The van der Waals surface area contributed by atoms with Crippen molar-refractivity contribution in [2.75, 3.05) is 33.9 Å². The van der Waals surface area contributed by atoms with E-state index in [-0.39, 0.29) is 5.54 Å². The van der Waals surface area contributed by atoms with Gasteiger partial charge in [0, 0.05) is 25.8 Å². The summed E-state index contributed by atoms with van der Waals surface area (Å²) in [6.07, 6.45) is 8.73. The van der Waals surface area contributed by atoms with Crippen molar-refractivity contribution in [1.82, 2.24) is 4.90 Å². The molecule has 2 N–H and O–H groups in total. The monoisotopic (exact) mass is 228 g/mol. The lowest BCUT2D eigenvalue weighted by Gasteiger charge is -2.34. The Balaban J connectivity index is 2.12. The highest BCUT2D eigenvalue weighted by Gasteiger charge is 2.26. The summed E-state index contributed by atoms with van der Waals surface area (Å²) in [6, 6.07) is 0. The predicted octanol–water partition coefficient (Wildman–Crippen LogP) is 2.01. The van der Waals surface area contributed by atoms with Crippen LogP contribution in [0, 0.1) is 0 Å². The van der Waals surface area contributed by atoms with Crippen LogP contribution in [0.5, 0.6) is 0 Å². The molecule has 1 aliphatic carbocycles. The first kappa shape index (κ1) is 13.9. The highest BCUT2D eigenvalue weighted by Crippen LogP contribution is 2.28. The third kappa shape index (κ3) is 5.28. The van der Waals surface area contributed by atoms with E-state index in [2.05, 4.69) is 11.9 Å². The zero-order valence-corrected chi connectivity index (χ0v) is 11.0. The second kappa shape index (κ2) is 7.25. The Kier molecular flexibility index (Phi) is 6.32. The first-order valence-electron chi connectivity index (χ1n) is 6.63. The van der Waals surface area contributed by atoms with Crippen molar-refractivity contribution in [3.05, 3.63) is 0 Å². The van der Waals surface area contributed by atoms with Gasteiger partial charge in [0.2, 0.25) is 0 Å². The molecule has 1 saturated carbocycles. The summed E-state index contributed by atoms with van der Waals surface area (Å²) in [7, 11) is 3.94. The van der Waals surface area contributed by atoms with Gasteiger partial charge in [-0.1, -0.05) is 19.3 Å². The lowest BCUT2D eigenvalue weighted by Crippen LogP contribution is -2.44. The second-order valence-electron chi connectivity index (χ2n) is 5.32. The molecule has 0 amide bonds. The molecule has 0 spiro atoms. The van der Waals surface area contributed by atoms with E-state index in [9.17, 15) is 0 Å². The number of hydrogen-bond donors (Lipinski definition) is 1. The molecule has 3 nitrogen and oxygen atoms in total. The van der Waals surface area contributed by atoms with Crippen LogP contribution in [0.1, 0.15) is 44.9 Å². The number of ether oxygens (including phenoxy) is 1. The van der Waals surface area contributed by atoms with Gasteiger partial charge in [-0.3, -0.25) is 0 Å². The summed E-state index contributed by atoms with van der Waals surface area (Å²) in [4.78, 5) is 2.38. The number of hydrogen-bond acceptors (Lipinski definition) is 3. The van der Waals surface area contributed by atoms with Gasteiger partial charge < -0.3 is 15.4 Å². The fourth-order valence-corrected chi connectivity index (χ4v) is 2.51. The smallest absolute Gasteiger partial charge is 0.0474 e. The molecule has 16 heavy (non-hydrogen) atoms. The Labute approximate surface area is 100 Å². The van der Waals surface area contributed by atoms with E-state index >= 15 is 0 Å². The molecule has 0 atom stereocenters. The lowest BCUT2D eigenvalue weighted by atomic mass is 9.80. The minimum absolute atomic E-state index is 0.133. The third-order valence-electron chi connectivity index (χ3n) is 3.73. The van der Waals surface area contributed by atoms with Crippen LogP contribution in [0.2, 0.25) is 0 Å². The van der Waals surface area contributed by atoms with Crippen LogP contribution >= 0.6 is 0 Å². The lowest BCUT2D eigenvalue weighted by molar-refractivity contribution is 0.172. The molecule has 0 aromatic rings. The van der Waals surface area contributed by atoms with Crippen LogP contribution in [0.4, 0.5) is 0 Å². The van der Waals surface area contributed by atoms with Gasteiger partial charge in [-0.05, 0) is 39.3 Å². The van der Waals surface area contributed by atoms with Gasteiger partial charge in [-0.15, -0.1) is 0 Å². The van der Waals surface area contributed by atoms with Gasteiger partial charge in [-0.25, -0.2) is 0 Å². The maximum atomic E-state index is 6.41. The molecule has 0 saturated heterocycles. The summed E-state index contributed by atoms with van der Waals surface area (Å²) in [5.41, 5.74) is 6.54. The molecule has 0 unspecified atom stereocenters. The molecule has 3 heteroatoms. The van der Waals surface area contributed by atoms with Crippen molar-refractivity contribution in [3.8, 4) is 0 Å². The van der Waals surface area contributed by atoms with Crippen molar-refractivity contribution >= 4 is 0 Å². The Morgan fingerprint density at radius 2 is 1.88 bits per heavy atom. The maximum absolute atomic E-state index is 6.41. The van der Waals surface area contributed by atoms with Gasteiger partial charge in [0.1, 0.15) is 0 Å². The standard InChI is InChI=1S/C13H28N2O/c1-15(10-6-12-16-2)11-9-13(14)7-4-3-5-8-13/h3-12,14H2,1-2H3. The minimum Gasteiger partial charge on any atom is -0.385 e. The summed E-state index contributed by atoms with van der Waals surface area (Å²) in [5.74, 6) is 0. The van der Waals surface area contributed by atoms with Crippen molar-refractivity contribution in [2.45, 2.75) is 50.5 Å². The van der Waals surface area contributed by atoms with E-state index < -0.39 is 0 Å². The number of nitrogens with zero attached hydrogens (tertiary/aromatic N) is 1. The molecule has 0 radical (unpaired) electrons. The molecule has 1 rings (SSSR count). The van der Waals surface area contributed by atoms with E-state index in [0.717, 1.165) is 32.5 Å². The topological polar surface area (TPSA) is 38.5 Å². The van der Waals surface area contributed by atoms with E-state index in [4.69, 9.17) is 10.5 Å².